The molecule has 0 radical (unpaired) electrons. The third kappa shape index (κ3) is 4.25. The average Bonchev–Trinajstić information content (AvgIpc) is 2.60. The minimum Gasteiger partial charge on any atom is -0.267 e. The highest BCUT2D eigenvalue weighted by atomic mass is 19.2. The number of carbonyl (C=O) groups excluding carboxylic acids is 2. The van der Waals surface area contributed by atoms with Gasteiger partial charge >= 0.3 is 0 Å². The zero-order chi connectivity index (χ0) is 20.4. The minimum atomic E-state index is -1.36. The van der Waals surface area contributed by atoms with Gasteiger partial charge in [-0.3, -0.25) is 25.1 Å². The minimum absolute atomic E-state index is 0.252. The first-order valence-corrected chi connectivity index (χ1v) is 7.87. The van der Waals surface area contributed by atoms with Crippen LogP contribution in [-0.2, 0) is 0 Å². The molecule has 2 amide bonds. The number of rotatable bonds is 3. The molecule has 0 bridgehead atoms. The van der Waals surface area contributed by atoms with Crippen molar-refractivity contribution in [2.24, 2.45) is 0 Å². The van der Waals surface area contributed by atoms with E-state index in [-0.39, 0.29) is 5.56 Å². The van der Waals surface area contributed by atoms with Gasteiger partial charge in [0.1, 0.15) is 5.56 Å². The van der Waals surface area contributed by atoms with E-state index in [1.807, 2.05) is 0 Å². The predicted molar refractivity (Wildman–Crippen MR) is 92.8 cm³/mol. The molecule has 0 fully saturated rings. The van der Waals surface area contributed by atoms with Crippen LogP contribution >= 0.6 is 0 Å². The maximum atomic E-state index is 13.9. The highest BCUT2D eigenvalue weighted by molar-refractivity contribution is 6.01. The largest absolute Gasteiger partial charge is 0.282 e. The number of carbonyl (C=O) groups is 2. The lowest BCUT2D eigenvalue weighted by molar-refractivity contribution is -0.385. The second-order valence-electron chi connectivity index (χ2n) is 6.63. The SMILES string of the molecule is CC(C)(C)N(NC(=O)c1cccc(F)c1F)C(=O)c1ccccc1[N+](=O)[O-]. The second-order valence-corrected chi connectivity index (χ2v) is 6.63. The molecule has 142 valence electrons. The number of hydrogen-bond donors (Lipinski definition) is 1. The van der Waals surface area contributed by atoms with E-state index in [1.165, 1.54) is 18.2 Å². The molecule has 0 aromatic heterocycles. The standard InChI is InChI=1S/C18H17F2N3O4/c1-18(2,3)22(17(25)11-7-4-5-10-14(11)23(26)27)21-16(24)12-8-6-9-13(19)15(12)20/h4-10H,1-3H3,(H,21,24). The smallest absolute Gasteiger partial charge is 0.267 e. The van der Waals surface area contributed by atoms with Crippen molar-refractivity contribution >= 4 is 17.5 Å². The quantitative estimate of drug-likeness (QED) is 0.655. The van der Waals surface area contributed by atoms with Crippen LogP contribution in [0.2, 0.25) is 0 Å². The van der Waals surface area contributed by atoms with Gasteiger partial charge in [0.25, 0.3) is 17.5 Å². The summed E-state index contributed by atoms with van der Waals surface area (Å²) < 4.78 is 27.2. The Balaban J connectivity index is 2.43. The summed E-state index contributed by atoms with van der Waals surface area (Å²) in [6.45, 7) is 4.71. The summed E-state index contributed by atoms with van der Waals surface area (Å²) in [4.78, 5) is 35.7. The summed E-state index contributed by atoms with van der Waals surface area (Å²) in [5.74, 6) is -4.49. The topological polar surface area (TPSA) is 92.6 Å². The molecule has 0 saturated heterocycles. The summed E-state index contributed by atoms with van der Waals surface area (Å²) >= 11 is 0. The Morgan fingerprint density at radius 2 is 1.63 bits per heavy atom. The maximum Gasteiger partial charge on any atom is 0.282 e. The lowest BCUT2D eigenvalue weighted by atomic mass is 10.1. The van der Waals surface area contributed by atoms with E-state index < -0.39 is 45.2 Å². The highest BCUT2D eigenvalue weighted by Crippen LogP contribution is 2.23. The molecule has 0 aliphatic rings. The van der Waals surface area contributed by atoms with Crippen LogP contribution in [0.4, 0.5) is 14.5 Å². The number of hydrazine groups is 1. The zero-order valence-corrected chi connectivity index (χ0v) is 14.8. The molecule has 0 spiro atoms. The Kier molecular flexibility index (Phi) is 5.53. The Labute approximate surface area is 153 Å². The van der Waals surface area contributed by atoms with E-state index in [0.29, 0.717) is 0 Å². The first kappa shape index (κ1) is 20.0. The Hall–Kier alpha value is -3.36. The van der Waals surface area contributed by atoms with Crippen molar-refractivity contribution < 1.29 is 23.3 Å². The molecule has 0 saturated carbocycles. The molecule has 0 aliphatic heterocycles. The van der Waals surface area contributed by atoms with E-state index in [2.05, 4.69) is 5.43 Å². The number of nitro groups is 1. The molecular weight excluding hydrogens is 360 g/mol. The number of nitrogens with zero attached hydrogens (tertiary/aromatic N) is 2. The molecule has 2 rings (SSSR count). The Bertz CT molecular complexity index is 910. The molecule has 0 aliphatic carbocycles. The first-order chi connectivity index (χ1) is 12.5. The number of nitro benzene ring substituents is 1. The lowest BCUT2D eigenvalue weighted by Gasteiger charge is -2.35. The third-order valence-electron chi connectivity index (χ3n) is 3.61. The summed E-state index contributed by atoms with van der Waals surface area (Å²) in [7, 11) is 0. The molecular formula is C18H17F2N3O4. The number of halogens is 2. The molecule has 0 unspecified atom stereocenters. The number of amides is 2. The lowest BCUT2D eigenvalue weighted by Crippen LogP contribution is -2.56. The van der Waals surface area contributed by atoms with Gasteiger partial charge < -0.3 is 0 Å². The van der Waals surface area contributed by atoms with Crippen LogP contribution in [0.25, 0.3) is 0 Å². The average molecular weight is 377 g/mol. The molecule has 7 nitrogen and oxygen atoms in total. The summed E-state index contributed by atoms with van der Waals surface area (Å²) in [5, 5.41) is 12.0. The van der Waals surface area contributed by atoms with Gasteiger partial charge in [-0.1, -0.05) is 18.2 Å². The van der Waals surface area contributed by atoms with Crippen molar-refractivity contribution in [1.29, 1.82) is 0 Å². The van der Waals surface area contributed by atoms with Crippen molar-refractivity contribution in [2.45, 2.75) is 26.3 Å². The van der Waals surface area contributed by atoms with Crippen LogP contribution in [0.5, 0.6) is 0 Å². The fourth-order valence-corrected chi connectivity index (χ4v) is 2.30. The van der Waals surface area contributed by atoms with Crippen LogP contribution in [0.3, 0.4) is 0 Å². The second kappa shape index (κ2) is 7.48. The van der Waals surface area contributed by atoms with E-state index in [0.717, 1.165) is 29.3 Å². The van der Waals surface area contributed by atoms with Crippen LogP contribution in [-0.4, -0.2) is 27.3 Å². The van der Waals surface area contributed by atoms with Crippen molar-refractivity contribution in [1.82, 2.24) is 10.4 Å². The maximum absolute atomic E-state index is 13.9. The van der Waals surface area contributed by atoms with E-state index in [9.17, 15) is 28.5 Å². The Morgan fingerprint density at radius 3 is 2.22 bits per heavy atom. The van der Waals surface area contributed by atoms with Gasteiger partial charge in [0.2, 0.25) is 0 Å². The van der Waals surface area contributed by atoms with Gasteiger partial charge in [0.05, 0.1) is 16.0 Å². The normalized spacial score (nSPS) is 11.0. The van der Waals surface area contributed by atoms with Crippen molar-refractivity contribution in [3.05, 3.63) is 75.3 Å². The summed E-state index contributed by atoms with van der Waals surface area (Å²) in [6, 6.07) is 8.30. The fourth-order valence-electron chi connectivity index (χ4n) is 2.30. The van der Waals surface area contributed by atoms with Gasteiger partial charge in [-0.25, -0.2) is 13.8 Å². The van der Waals surface area contributed by atoms with Gasteiger partial charge in [-0.2, -0.15) is 0 Å². The number of para-hydroxylation sites is 1. The molecule has 27 heavy (non-hydrogen) atoms. The van der Waals surface area contributed by atoms with E-state index in [4.69, 9.17) is 0 Å². The fraction of sp³-hybridized carbons (Fsp3) is 0.222. The van der Waals surface area contributed by atoms with Gasteiger partial charge in [-0.15, -0.1) is 0 Å². The molecule has 9 heteroatoms. The van der Waals surface area contributed by atoms with Gasteiger partial charge in [0.15, 0.2) is 11.6 Å². The van der Waals surface area contributed by atoms with Crippen molar-refractivity contribution in [3.8, 4) is 0 Å². The number of hydrogen-bond acceptors (Lipinski definition) is 4. The van der Waals surface area contributed by atoms with E-state index in [1.54, 1.807) is 20.8 Å². The molecule has 0 heterocycles. The van der Waals surface area contributed by atoms with Crippen LogP contribution in [0, 0.1) is 21.7 Å². The predicted octanol–water partition coefficient (Wildman–Crippen LogP) is 3.46. The van der Waals surface area contributed by atoms with Crippen LogP contribution in [0.15, 0.2) is 42.5 Å². The number of nitrogens with one attached hydrogen (secondary N) is 1. The van der Waals surface area contributed by atoms with Gasteiger partial charge in [-0.05, 0) is 39.0 Å². The third-order valence-corrected chi connectivity index (χ3v) is 3.61. The Morgan fingerprint density at radius 1 is 1.04 bits per heavy atom. The monoisotopic (exact) mass is 377 g/mol. The van der Waals surface area contributed by atoms with Crippen LogP contribution < -0.4 is 5.43 Å². The van der Waals surface area contributed by atoms with Crippen molar-refractivity contribution in [3.63, 3.8) is 0 Å². The highest BCUT2D eigenvalue weighted by Gasteiger charge is 2.33. The molecule has 1 N–H and O–H groups in total. The van der Waals surface area contributed by atoms with Crippen molar-refractivity contribution in [2.75, 3.05) is 0 Å². The van der Waals surface area contributed by atoms with E-state index >= 15 is 0 Å². The summed E-state index contributed by atoms with van der Waals surface area (Å²) in [5.41, 5.74) is -0.0840. The zero-order valence-electron chi connectivity index (χ0n) is 14.8. The molecule has 2 aromatic rings. The summed E-state index contributed by atoms with van der Waals surface area (Å²) in [6.07, 6.45) is 0. The van der Waals surface area contributed by atoms with Gasteiger partial charge in [0, 0.05) is 6.07 Å². The van der Waals surface area contributed by atoms with Crippen LogP contribution in [0.1, 0.15) is 41.5 Å². The number of benzene rings is 2. The molecule has 2 aromatic carbocycles. The first-order valence-electron chi connectivity index (χ1n) is 7.87. The molecule has 0 atom stereocenters.